The predicted octanol–water partition coefficient (Wildman–Crippen LogP) is 1.71. The van der Waals surface area contributed by atoms with Crippen molar-refractivity contribution < 1.29 is 9.84 Å². The molecule has 0 radical (unpaired) electrons. The molecule has 0 aliphatic carbocycles. The fourth-order valence-electron chi connectivity index (χ4n) is 1.21. The van der Waals surface area contributed by atoms with Crippen molar-refractivity contribution in [2.75, 3.05) is 12.3 Å². The van der Waals surface area contributed by atoms with Gasteiger partial charge in [-0.25, -0.2) is 4.98 Å². The van der Waals surface area contributed by atoms with Crippen LogP contribution in [0.25, 0.3) is 0 Å². The van der Waals surface area contributed by atoms with Crippen molar-refractivity contribution in [1.82, 2.24) is 9.97 Å². The number of aliphatic hydroxyl groups excluding tert-OH is 1. The maximum atomic E-state index is 8.86. The van der Waals surface area contributed by atoms with Gasteiger partial charge in [-0.15, -0.1) is 11.8 Å². The average Bonchev–Trinajstić information content (AvgIpc) is 2.23. The summed E-state index contributed by atoms with van der Waals surface area (Å²) in [6.07, 6.45) is 2.18. The van der Waals surface area contributed by atoms with Crippen LogP contribution in [0.3, 0.4) is 0 Å². The van der Waals surface area contributed by atoms with Gasteiger partial charge in [-0.05, 0) is 20.3 Å². The molecule has 17 heavy (non-hydrogen) atoms. The summed E-state index contributed by atoms with van der Waals surface area (Å²) < 4.78 is 5.49. The Labute approximate surface area is 106 Å². The number of anilines is 1. The van der Waals surface area contributed by atoms with Gasteiger partial charge in [0.1, 0.15) is 17.0 Å². The molecule has 1 heterocycles. The van der Waals surface area contributed by atoms with Gasteiger partial charge >= 0.3 is 0 Å². The van der Waals surface area contributed by atoms with Crippen LogP contribution in [0.1, 0.15) is 27.2 Å². The summed E-state index contributed by atoms with van der Waals surface area (Å²) in [6, 6.07) is 0. The molecule has 6 heteroatoms. The van der Waals surface area contributed by atoms with E-state index in [1.54, 1.807) is 0 Å². The molecule has 0 fully saturated rings. The molecule has 3 N–H and O–H groups in total. The van der Waals surface area contributed by atoms with Gasteiger partial charge < -0.3 is 15.6 Å². The summed E-state index contributed by atoms with van der Waals surface area (Å²) >= 11 is 1.52. The number of aliphatic hydroxyl groups is 1. The van der Waals surface area contributed by atoms with Crippen molar-refractivity contribution in [3.8, 4) is 5.88 Å². The van der Waals surface area contributed by atoms with Gasteiger partial charge in [-0.3, -0.25) is 0 Å². The largest absolute Gasteiger partial charge is 0.473 e. The van der Waals surface area contributed by atoms with E-state index in [9.17, 15) is 0 Å². The quantitative estimate of drug-likeness (QED) is 0.596. The fourth-order valence-corrected chi connectivity index (χ4v) is 2.13. The zero-order valence-corrected chi connectivity index (χ0v) is 11.2. The van der Waals surface area contributed by atoms with Crippen LogP contribution >= 0.6 is 11.8 Å². The van der Waals surface area contributed by atoms with Gasteiger partial charge in [-0.1, -0.05) is 6.92 Å². The Morgan fingerprint density at radius 1 is 1.41 bits per heavy atom. The zero-order valence-electron chi connectivity index (χ0n) is 10.4. The van der Waals surface area contributed by atoms with E-state index in [-0.39, 0.29) is 18.0 Å². The second kappa shape index (κ2) is 6.66. The normalized spacial score (nSPS) is 12.8. The zero-order chi connectivity index (χ0) is 12.8. The average molecular weight is 257 g/mol. The number of nitrogen functional groups attached to an aromatic ring is 1. The third-order valence-electron chi connectivity index (χ3n) is 2.01. The van der Waals surface area contributed by atoms with Crippen molar-refractivity contribution in [3.63, 3.8) is 0 Å². The Morgan fingerprint density at radius 3 is 2.71 bits per heavy atom. The number of hydrogen-bond acceptors (Lipinski definition) is 6. The molecule has 96 valence electrons. The van der Waals surface area contributed by atoms with Crippen molar-refractivity contribution in [3.05, 3.63) is 6.33 Å². The van der Waals surface area contributed by atoms with Crippen LogP contribution in [-0.4, -0.2) is 33.0 Å². The van der Waals surface area contributed by atoms with Crippen LogP contribution in [0.15, 0.2) is 11.4 Å². The van der Waals surface area contributed by atoms with E-state index in [1.807, 2.05) is 20.8 Å². The Kier molecular flexibility index (Phi) is 5.50. The van der Waals surface area contributed by atoms with Crippen LogP contribution < -0.4 is 10.5 Å². The Bertz CT molecular complexity index is 361. The first-order valence-corrected chi connectivity index (χ1v) is 6.47. The topological polar surface area (TPSA) is 81.3 Å². The fraction of sp³-hybridized carbons (Fsp3) is 0.636. The van der Waals surface area contributed by atoms with Crippen LogP contribution in [0.4, 0.5) is 5.69 Å². The van der Waals surface area contributed by atoms with Crippen molar-refractivity contribution in [2.24, 2.45) is 0 Å². The third kappa shape index (κ3) is 4.40. The highest BCUT2D eigenvalue weighted by Crippen LogP contribution is 2.32. The van der Waals surface area contributed by atoms with Crippen molar-refractivity contribution in [2.45, 2.75) is 43.6 Å². The first kappa shape index (κ1) is 14.1. The van der Waals surface area contributed by atoms with Crippen LogP contribution in [0, 0.1) is 0 Å². The number of nitrogens with zero attached hydrogens (tertiary/aromatic N) is 2. The Morgan fingerprint density at radius 2 is 2.12 bits per heavy atom. The monoisotopic (exact) mass is 257 g/mol. The summed E-state index contributed by atoms with van der Waals surface area (Å²) in [5, 5.41) is 9.81. The highest BCUT2D eigenvalue weighted by molar-refractivity contribution is 8.00. The van der Waals surface area contributed by atoms with E-state index in [0.717, 1.165) is 0 Å². The van der Waals surface area contributed by atoms with Gasteiger partial charge in [0, 0.05) is 11.9 Å². The molecule has 5 nitrogen and oxygen atoms in total. The SMILES string of the molecule is CC(C)Oc1ncnc(SC(C)CCO)c1N. The van der Waals surface area contributed by atoms with Crippen LogP contribution in [0.2, 0.25) is 0 Å². The molecule has 0 bridgehead atoms. The molecule has 1 aromatic rings. The lowest BCUT2D eigenvalue weighted by Crippen LogP contribution is -2.10. The lowest BCUT2D eigenvalue weighted by atomic mass is 10.3. The smallest absolute Gasteiger partial charge is 0.241 e. The summed E-state index contributed by atoms with van der Waals surface area (Å²) in [4.78, 5) is 8.14. The first-order chi connectivity index (χ1) is 8.04. The molecule has 1 aromatic heterocycles. The van der Waals surface area contributed by atoms with E-state index in [2.05, 4.69) is 9.97 Å². The number of ether oxygens (including phenoxy) is 1. The minimum atomic E-state index is 0.0277. The standard InChI is InChI=1S/C11H19N3O2S/c1-7(2)16-10-9(12)11(14-6-13-10)17-8(3)4-5-15/h6-8,15H,4-5,12H2,1-3H3. The van der Waals surface area contributed by atoms with Gasteiger partial charge in [-0.2, -0.15) is 4.98 Å². The molecule has 0 aromatic carbocycles. The second-order valence-electron chi connectivity index (χ2n) is 4.01. The Hall–Kier alpha value is -1.01. The lowest BCUT2D eigenvalue weighted by molar-refractivity contribution is 0.233. The molecule has 0 aliphatic rings. The molecule has 0 aliphatic heterocycles. The Balaban J connectivity index is 2.79. The van der Waals surface area contributed by atoms with Crippen molar-refractivity contribution >= 4 is 17.4 Å². The molecular formula is C11H19N3O2S. The number of thioether (sulfide) groups is 1. The molecule has 0 amide bonds. The molecule has 0 spiro atoms. The van der Waals surface area contributed by atoms with E-state index >= 15 is 0 Å². The van der Waals surface area contributed by atoms with E-state index in [4.69, 9.17) is 15.6 Å². The highest BCUT2D eigenvalue weighted by atomic mass is 32.2. The summed E-state index contributed by atoms with van der Waals surface area (Å²) in [7, 11) is 0. The van der Waals surface area contributed by atoms with Crippen LogP contribution in [0.5, 0.6) is 5.88 Å². The maximum Gasteiger partial charge on any atom is 0.241 e. The van der Waals surface area contributed by atoms with E-state index in [0.29, 0.717) is 23.0 Å². The minimum Gasteiger partial charge on any atom is -0.473 e. The number of rotatable bonds is 6. The number of hydrogen-bond donors (Lipinski definition) is 2. The van der Waals surface area contributed by atoms with Crippen LogP contribution in [-0.2, 0) is 0 Å². The summed E-state index contributed by atoms with van der Waals surface area (Å²) in [6.45, 7) is 6.02. The second-order valence-corrected chi connectivity index (χ2v) is 5.43. The molecule has 1 unspecified atom stereocenters. The first-order valence-electron chi connectivity index (χ1n) is 5.59. The lowest BCUT2D eigenvalue weighted by Gasteiger charge is -2.14. The van der Waals surface area contributed by atoms with E-state index < -0.39 is 0 Å². The molecule has 0 saturated carbocycles. The number of nitrogens with two attached hydrogens (primary N) is 1. The van der Waals surface area contributed by atoms with Gasteiger partial charge in [0.2, 0.25) is 5.88 Å². The van der Waals surface area contributed by atoms with Gasteiger partial charge in [0.15, 0.2) is 0 Å². The van der Waals surface area contributed by atoms with Gasteiger partial charge in [0.25, 0.3) is 0 Å². The van der Waals surface area contributed by atoms with E-state index in [1.165, 1.54) is 18.1 Å². The summed E-state index contributed by atoms with van der Waals surface area (Å²) in [5.41, 5.74) is 6.41. The van der Waals surface area contributed by atoms with Crippen molar-refractivity contribution in [1.29, 1.82) is 0 Å². The molecule has 1 atom stereocenters. The highest BCUT2D eigenvalue weighted by Gasteiger charge is 2.13. The van der Waals surface area contributed by atoms with Gasteiger partial charge in [0.05, 0.1) is 6.10 Å². The molecule has 0 saturated heterocycles. The summed E-state index contributed by atoms with van der Waals surface area (Å²) in [5.74, 6) is 0.425. The third-order valence-corrected chi connectivity index (χ3v) is 3.19. The predicted molar refractivity (Wildman–Crippen MR) is 69.2 cm³/mol. The number of aromatic nitrogens is 2. The maximum absolute atomic E-state index is 8.86. The minimum absolute atomic E-state index is 0.0277. The molecule has 1 rings (SSSR count). The molecular weight excluding hydrogens is 238 g/mol.